The van der Waals surface area contributed by atoms with Crippen LogP contribution >= 0.6 is 0 Å². The fraction of sp³-hybridized carbons (Fsp3) is 0.571. The number of hydrogen-bond donors (Lipinski definition) is 1. The van der Waals surface area contributed by atoms with E-state index < -0.39 is 6.36 Å². The van der Waals surface area contributed by atoms with Crippen molar-refractivity contribution in [2.75, 3.05) is 7.11 Å². The second-order valence-electron chi connectivity index (χ2n) is 4.55. The van der Waals surface area contributed by atoms with E-state index in [1.165, 1.54) is 25.3 Å². The van der Waals surface area contributed by atoms with Crippen molar-refractivity contribution >= 4 is 0 Å². The van der Waals surface area contributed by atoms with Gasteiger partial charge in [0.25, 0.3) is 0 Å². The van der Waals surface area contributed by atoms with E-state index in [4.69, 9.17) is 10.5 Å². The minimum atomic E-state index is -4.71. The maximum absolute atomic E-state index is 12.2. The van der Waals surface area contributed by atoms with Gasteiger partial charge in [-0.2, -0.15) is 0 Å². The van der Waals surface area contributed by atoms with Gasteiger partial charge in [-0.15, -0.1) is 13.2 Å². The summed E-state index contributed by atoms with van der Waals surface area (Å²) < 4.78 is 45.7. The van der Waals surface area contributed by atoms with Gasteiger partial charge in [0.1, 0.15) is 11.5 Å². The highest BCUT2D eigenvalue weighted by atomic mass is 19.4. The zero-order chi connectivity index (χ0) is 15.2. The number of unbranched alkanes of at least 4 members (excludes halogenated alkanes) is 2. The van der Waals surface area contributed by atoms with Gasteiger partial charge in [0.2, 0.25) is 0 Å². The van der Waals surface area contributed by atoms with Crippen molar-refractivity contribution in [3.63, 3.8) is 0 Å². The maximum atomic E-state index is 12.2. The number of rotatable bonds is 7. The molecule has 1 atom stereocenters. The average Bonchev–Trinajstić information content (AvgIpc) is 2.37. The van der Waals surface area contributed by atoms with E-state index in [2.05, 4.69) is 11.7 Å². The molecule has 114 valence electrons. The van der Waals surface area contributed by atoms with Crippen molar-refractivity contribution in [3.8, 4) is 11.5 Å². The van der Waals surface area contributed by atoms with Crippen molar-refractivity contribution in [1.82, 2.24) is 0 Å². The van der Waals surface area contributed by atoms with Gasteiger partial charge in [-0.25, -0.2) is 0 Å². The SMILES string of the molecule is CCCCC[C@H](N)c1cc(OC(F)(F)F)ccc1OC. The normalized spacial score (nSPS) is 13.1. The number of hydrogen-bond acceptors (Lipinski definition) is 3. The fourth-order valence-corrected chi connectivity index (χ4v) is 1.97. The van der Waals surface area contributed by atoms with E-state index in [0.29, 0.717) is 17.7 Å². The summed E-state index contributed by atoms with van der Waals surface area (Å²) in [6.45, 7) is 2.07. The molecule has 3 nitrogen and oxygen atoms in total. The standard InChI is InChI=1S/C14H20F3NO2/c1-3-4-5-6-12(18)11-9-10(20-14(15,16)17)7-8-13(11)19-2/h7-9,12H,3-6,18H2,1-2H3/t12-/m0/s1. The number of alkyl halides is 3. The van der Waals surface area contributed by atoms with Gasteiger partial charge in [0.15, 0.2) is 0 Å². The number of ether oxygens (including phenoxy) is 2. The third-order valence-electron chi connectivity index (χ3n) is 2.95. The molecule has 0 heterocycles. The number of halogens is 3. The Hall–Kier alpha value is -1.43. The zero-order valence-electron chi connectivity index (χ0n) is 11.7. The molecule has 0 saturated heterocycles. The molecule has 0 saturated carbocycles. The first kappa shape index (κ1) is 16.6. The first-order valence-electron chi connectivity index (χ1n) is 6.56. The lowest BCUT2D eigenvalue weighted by molar-refractivity contribution is -0.274. The Morgan fingerprint density at radius 1 is 1.25 bits per heavy atom. The topological polar surface area (TPSA) is 44.5 Å². The van der Waals surface area contributed by atoms with E-state index in [9.17, 15) is 13.2 Å². The first-order chi connectivity index (χ1) is 9.37. The van der Waals surface area contributed by atoms with Gasteiger partial charge in [0, 0.05) is 11.6 Å². The smallest absolute Gasteiger partial charge is 0.496 e. The monoisotopic (exact) mass is 291 g/mol. The van der Waals surface area contributed by atoms with Gasteiger partial charge < -0.3 is 15.2 Å². The summed E-state index contributed by atoms with van der Waals surface area (Å²) in [6, 6.07) is 3.58. The Bertz CT molecular complexity index is 421. The Kier molecular flexibility index (Phi) is 6.13. The molecule has 0 aliphatic rings. The molecule has 1 aromatic carbocycles. The van der Waals surface area contributed by atoms with Crippen LogP contribution in [-0.4, -0.2) is 13.5 Å². The Morgan fingerprint density at radius 2 is 1.95 bits per heavy atom. The molecule has 0 bridgehead atoms. The molecular weight excluding hydrogens is 271 g/mol. The molecule has 1 aromatic rings. The van der Waals surface area contributed by atoms with Crippen LogP contribution < -0.4 is 15.2 Å². The molecule has 20 heavy (non-hydrogen) atoms. The lowest BCUT2D eigenvalue weighted by atomic mass is 10.00. The maximum Gasteiger partial charge on any atom is 0.573 e. The molecular formula is C14H20F3NO2. The van der Waals surface area contributed by atoms with Crippen LogP contribution in [-0.2, 0) is 0 Å². The second kappa shape index (κ2) is 7.38. The van der Waals surface area contributed by atoms with Crippen LogP contribution in [0.25, 0.3) is 0 Å². The Balaban J connectivity index is 2.87. The third-order valence-corrected chi connectivity index (χ3v) is 2.95. The van der Waals surface area contributed by atoms with E-state index in [-0.39, 0.29) is 11.8 Å². The lowest BCUT2D eigenvalue weighted by Crippen LogP contribution is -2.18. The van der Waals surface area contributed by atoms with Crippen molar-refractivity contribution in [2.45, 2.75) is 45.0 Å². The van der Waals surface area contributed by atoms with Gasteiger partial charge >= 0.3 is 6.36 Å². The van der Waals surface area contributed by atoms with Crippen LogP contribution in [0.4, 0.5) is 13.2 Å². The molecule has 0 radical (unpaired) electrons. The highest BCUT2D eigenvalue weighted by Crippen LogP contribution is 2.32. The lowest BCUT2D eigenvalue weighted by Gasteiger charge is -2.17. The molecule has 6 heteroatoms. The third kappa shape index (κ3) is 5.28. The number of benzene rings is 1. The summed E-state index contributed by atoms with van der Waals surface area (Å²) in [5.74, 6) is 0.197. The quantitative estimate of drug-likeness (QED) is 0.767. The highest BCUT2D eigenvalue weighted by molar-refractivity contribution is 5.42. The van der Waals surface area contributed by atoms with Crippen molar-refractivity contribution in [3.05, 3.63) is 23.8 Å². The predicted molar refractivity (Wildman–Crippen MR) is 70.7 cm³/mol. The summed E-state index contributed by atoms with van der Waals surface area (Å²) >= 11 is 0. The van der Waals surface area contributed by atoms with Crippen LogP contribution in [0.3, 0.4) is 0 Å². The van der Waals surface area contributed by atoms with Crippen molar-refractivity contribution in [1.29, 1.82) is 0 Å². The zero-order valence-corrected chi connectivity index (χ0v) is 11.7. The molecule has 2 N–H and O–H groups in total. The molecule has 0 amide bonds. The fourth-order valence-electron chi connectivity index (χ4n) is 1.97. The Labute approximate surface area is 116 Å². The largest absolute Gasteiger partial charge is 0.573 e. The number of nitrogens with two attached hydrogens (primary N) is 1. The van der Waals surface area contributed by atoms with E-state index in [1.807, 2.05) is 0 Å². The highest BCUT2D eigenvalue weighted by Gasteiger charge is 2.31. The summed E-state index contributed by atoms with van der Waals surface area (Å²) in [5, 5.41) is 0. The molecule has 0 aliphatic heterocycles. The van der Waals surface area contributed by atoms with Crippen LogP contribution in [0.1, 0.15) is 44.2 Å². The van der Waals surface area contributed by atoms with E-state index >= 15 is 0 Å². The summed E-state index contributed by atoms with van der Waals surface area (Å²) in [4.78, 5) is 0. The molecule has 0 aromatic heterocycles. The van der Waals surface area contributed by atoms with E-state index in [0.717, 1.165) is 19.3 Å². The average molecular weight is 291 g/mol. The predicted octanol–water partition coefficient (Wildman–Crippen LogP) is 4.17. The van der Waals surface area contributed by atoms with Crippen LogP contribution in [0.15, 0.2) is 18.2 Å². The van der Waals surface area contributed by atoms with Crippen LogP contribution in [0.2, 0.25) is 0 Å². The summed E-state index contributed by atoms with van der Waals surface area (Å²) in [7, 11) is 1.46. The molecule has 0 spiro atoms. The van der Waals surface area contributed by atoms with Gasteiger partial charge in [-0.3, -0.25) is 0 Å². The van der Waals surface area contributed by atoms with E-state index in [1.54, 1.807) is 0 Å². The van der Waals surface area contributed by atoms with Crippen LogP contribution in [0, 0.1) is 0 Å². The summed E-state index contributed by atoms with van der Waals surface area (Å²) in [5.41, 5.74) is 6.56. The van der Waals surface area contributed by atoms with Gasteiger partial charge in [0.05, 0.1) is 7.11 Å². The summed E-state index contributed by atoms with van der Waals surface area (Å²) in [6.07, 6.45) is -1.00. The first-order valence-corrected chi connectivity index (χ1v) is 6.56. The van der Waals surface area contributed by atoms with Crippen LogP contribution in [0.5, 0.6) is 11.5 Å². The molecule has 1 rings (SSSR count). The van der Waals surface area contributed by atoms with Gasteiger partial charge in [-0.1, -0.05) is 26.2 Å². The minimum Gasteiger partial charge on any atom is -0.496 e. The molecule has 0 fully saturated rings. The van der Waals surface area contributed by atoms with Crippen molar-refractivity contribution in [2.24, 2.45) is 5.73 Å². The number of methoxy groups -OCH3 is 1. The second-order valence-corrected chi connectivity index (χ2v) is 4.55. The molecule has 0 aliphatic carbocycles. The minimum absolute atomic E-state index is 0.278. The molecule has 0 unspecified atom stereocenters. The van der Waals surface area contributed by atoms with Crippen molar-refractivity contribution < 1.29 is 22.6 Å². The van der Waals surface area contributed by atoms with Gasteiger partial charge in [-0.05, 0) is 24.6 Å². The Morgan fingerprint density at radius 3 is 2.50 bits per heavy atom.